The minimum absolute atomic E-state index is 0.805. The van der Waals surface area contributed by atoms with Gasteiger partial charge in [0.1, 0.15) is 5.82 Å². The lowest BCUT2D eigenvalue weighted by atomic mass is 10.2. The van der Waals surface area contributed by atoms with E-state index in [1.807, 2.05) is 37.3 Å². The molecule has 1 aromatic carbocycles. The van der Waals surface area contributed by atoms with Gasteiger partial charge in [-0.15, -0.1) is 6.42 Å². The van der Waals surface area contributed by atoms with Gasteiger partial charge in [-0.1, -0.05) is 12.0 Å². The van der Waals surface area contributed by atoms with E-state index in [9.17, 15) is 0 Å². The van der Waals surface area contributed by atoms with Crippen molar-refractivity contribution in [3.63, 3.8) is 0 Å². The van der Waals surface area contributed by atoms with Gasteiger partial charge in [-0.3, -0.25) is 0 Å². The number of rotatable bonds is 2. The number of anilines is 2. The number of pyridine rings is 1. The summed E-state index contributed by atoms with van der Waals surface area (Å²) >= 11 is 3.42. The summed E-state index contributed by atoms with van der Waals surface area (Å²) in [6, 6.07) is 9.67. The summed E-state index contributed by atoms with van der Waals surface area (Å²) < 4.78 is 1.00. The summed E-state index contributed by atoms with van der Waals surface area (Å²) in [7, 11) is 0. The molecule has 0 fully saturated rings. The van der Waals surface area contributed by atoms with E-state index in [1.54, 1.807) is 6.20 Å². The fourth-order valence-corrected chi connectivity index (χ4v) is 1.66. The van der Waals surface area contributed by atoms with Gasteiger partial charge in [0.2, 0.25) is 0 Å². The van der Waals surface area contributed by atoms with E-state index in [4.69, 9.17) is 6.42 Å². The Labute approximate surface area is 109 Å². The molecule has 0 unspecified atom stereocenters. The molecule has 0 aliphatic heterocycles. The number of aryl methyl sites for hydroxylation is 1. The second-order valence-corrected chi connectivity index (χ2v) is 4.52. The first-order valence-corrected chi connectivity index (χ1v) is 5.94. The van der Waals surface area contributed by atoms with E-state index in [1.165, 1.54) is 0 Å². The molecule has 0 atom stereocenters. The van der Waals surface area contributed by atoms with Crippen molar-refractivity contribution in [1.82, 2.24) is 4.98 Å². The van der Waals surface area contributed by atoms with Gasteiger partial charge in [0.15, 0.2) is 0 Å². The van der Waals surface area contributed by atoms with Gasteiger partial charge < -0.3 is 5.32 Å². The highest BCUT2D eigenvalue weighted by Gasteiger charge is 2.00. The summed E-state index contributed by atoms with van der Waals surface area (Å²) in [5, 5.41) is 3.22. The molecule has 2 nitrogen and oxygen atoms in total. The molecule has 0 amide bonds. The smallest absolute Gasteiger partial charge is 0.130 e. The highest BCUT2D eigenvalue weighted by atomic mass is 79.9. The molecule has 17 heavy (non-hydrogen) atoms. The molecule has 0 saturated carbocycles. The van der Waals surface area contributed by atoms with Crippen molar-refractivity contribution in [2.75, 3.05) is 5.32 Å². The maximum atomic E-state index is 5.36. The first kappa shape index (κ1) is 11.7. The van der Waals surface area contributed by atoms with E-state index in [-0.39, 0.29) is 0 Å². The van der Waals surface area contributed by atoms with Crippen LogP contribution < -0.4 is 5.32 Å². The molecule has 0 saturated heterocycles. The maximum absolute atomic E-state index is 5.36. The second-order valence-electron chi connectivity index (χ2n) is 3.67. The molecule has 1 aromatic heterocycles. The lowest BCUT2D eigenvalue weighted by Gasteiger charge is -2.07. The lowest BCUT2D eigenvalue weighted by Crippen LogP contribution is -1.94. The highest BCUT2D eigenvalue weighted by Crippen LogP contribution is 2.20. The van der Waals surface area contributed by atoms with Crippen LogP contribution in [0.3, 0.4) is 0 Å². The summed E-state index contributed by atoms with van der Waals surface area (Å²) in [5.41, 5.74) is 2.93. The summed E-state index contributed by atoms with van der Waals surface area (Å²) in [5.74, 6) is 3.41. The molecular formula is C14H11BrN2. The van der Waals surface area contributed by atoms with Crippen LogP contribution in [0.5, 0.6) is 0 Å². The standard InChI is InChI=1S/C14H11BrN2/c1-3-11-5-4-6-12(8-11)17-14-7-10(2)13(15)9-16-14/h1,4-9H,2H3,(H,16,17). The number of hydrogen-bond acceptors (Lipinski definition) is 2. The predicted octanol–water partition coefficient (Wildman–Crippen LogP) is 3.88. The first-order valence-electron chi connectivity index (χ1n) is 5.15. The Balaban J connectivity index is 2.25. The highest BCUT2D eigenvalue weighted by molar-refractivity contribution is 9.10. The van der Waals surface area contributed by atoms with Crippen LogP contribution in [0.1, 0.15) is 11.1 Å². The molecule has 2 rings (SSSR count). The largest absolute Gasteiger partial charge is 0.340 e. The molecule has 2 aromatic rings. The number of hydrogen-bond donors (Lipinski definition) is 1. The van der Waals surface area contributed by atoms with Crippen molar-refractivity contribution in [2.24, 2.45) is 0 Å². The second kappa shape index (κ2) is 5.03. The van der Waals surface area contributed by atoms with Gasteiger partial charge in [-0.2, -0.15) is 0 Å². The summed E-state index contributed by atoms with van der Waals surface area (Å²) in [6.07, 6.45) is 7.14. The average molecular weight is 287 g/mol. The molecule has 3 heteroatoms. The molecule has 0 aliphatic rings. The molecule has 0 aliphatic carbocycles. The van der Waals surface area contributed by atoms with Crippen molar-refractivity contribution in [2.45, 2.75) is 6.92 Å². The Kier molecular flexibility index (Phi) is 3.46. The van der Waals surface area contributed by atoms with E-state index < -0.39 is 0 Å². The van der Waals surface area contributed by atoms with Gasteiger partial charge in [0.05, 0.1) is 0 Å². The maximum Gasteiger partial charge on any atom is 0.130 e. The molecule has 1 heterocycles. The van der Waals surface area contributed by atoms with Crippen LogP contribution >= 0.6 is 15.9 Å². The van der Waals surface area contributed by atoms with Crippen LogP contribution in [-0.2, 0) is 0 Å². The Bertz CT molecular complexity index is 585. The monoisotopic (exact) mass is 286 g/mol. The van der Waals surface area contributed by atoms with Gasteiger partial charge >= 0.3 is 0 Å². The molecule has 0 spiro atoms. The van der Waals surface area contributed by atoms with Crippen LogP contribution in [0.15, 0.2) is 41.0 Å². The van der Waals surface area contributed by atoms with E-state index in [0.29, 0.717) is 0 Å². The normalized spacial score (nSPS) is 9.71. The number of halogens is 1. The van der Waals surface area contributed by atoms with Crippen molar-refractivity contribution in [1.29, 1.82) is 0 Å². The molecule has 1 N–H and O–H groups in total. The van der Waals surface area contributed by atoms with Gasteiger partial charge in [0, 0.05) is 21.9 Å². The Morgan fingerprint density at radius 2 is 2.18 bits per heavy atom. The zero-order chi connectivity index (χ0) is 12.3. The number of terminal acetylenes is 1. The van der Waals surface area contributed by atoms with E-state index >= 15 is 0 Å². The van der Waals surface area contributed by atoms with Gasteiger partial charge in [-0.25, -0.2) is 4.98 Å². The van der Waals surface area contributed by atoms with Crippen LogP contribution in [0.2, 0.25) is 0 Å². The quantitative estimate of drug-likeness (QED) is 0.848. The fraction of sp³-hybridized carbons (Fsp3) is 0.0714. The predicted molar refractivity (Wildman–Crippen MR) is 74.3 cm³/mol. The average Bonchev–Trinajstić information content (AvgIpc) is 2.34. The number of nitrogens with zero attached hydrogens (tertiary/aromatic N) is 1. The number of aromatic nitrogens is 1. The zero-order valence-corrected chi connectivity index (χ0v) is 11.0. The molecule has 0 bridgehead atoms. The van der Waals surface area contributed by atoms with Crippen LogP contribution in [-0.4, -0.2) is 4.98 Å². The van der Waals surface area contributed by atoms with Crippen LogP contribution in [0.25, 0.3) is 0 Å². The van der Waals surface area contributed by atoms with Crippen molar-refractivity contribution < 1.29 is 0 Å². The Morgan fingerprint density at radius 1 is 1.35 bits per heavy atom. The molecular weight excluding hydrogens is 276 g/mol. The summed E-state index contributed by atoms with van der Waals surface area (Å²) in [4.78, 5) is 4.28. The molecule has 0 radical (unpaired) electrons. The van der Waals surface area contributed by atoms with E-state index in [0.717, 1.165) is 27.1 Å². The van der Waals surface area contributed by atoms with Crippen molar-refractivity contribution in [3.8, 4) is 12.3 Å². The SMILES string of the molecule is C#Cc1cccc(Nc2cc(C)c(Br)cn2)c1. The van der Waals surface area contributed by atoms with Gasteiger partial charge in [-0.05, 0) is 52.7 Å². The number of benzene rings is 1. The molecule has 84 valence electrons. The van der Waals surface area contributed by atoms with Crippen LogP contribution in [0.4, 0.5) is 11.5 Å². The number of nitrogens with one attached hydrogen (secondary N) is 1. The van der Waals surface area contributed by atoms with Crippen molar-refractivity contribution >= 4 is 27.4 Å². The minimum atomic E-state index is 0.805. The van der Waals surface area contributed by atoms with Crippen LogP contribution in [0, 0.1) is 19.3 Å². The van der Waals surface area contributed by atoms with Crippen molar-refractivity contribution in [3.05, 3.63) is 52.1 Å². The minimum Gasteiger partial charge on any atom is -0.340 e. The third kappa shape index (κ3) is 2.86. The summed E-state index contributed by atoms with van der Waals surface area (Å²) in [6.45, 7) is 2.02. The Morgan fingerprint density at radius 3 is 2.88 bits per heavy atom. The Hall–Kier alpha value is -1.79. The van der Waals surface area contributed by atoms with E-state index in [2.05, 4.69) is 32.2 Å². The third-order valence-electron chi connectivity index (χ3n) is 2.35. The lowest BCUT2D eigenvalue weighted by molar-refractivity contribution is 1.25. The first-order chi connectivity index (χ1) is 8.19. The topological polar surface area (TPSA) is 24.9 Å². The fourth-order valence-electron chi connectivity index (χ4n) is 1.44. The third-order valence-corrected chi connectivity index (χ3v) is 3.18. The van der Waals surface area contributed by atoms with Gasteiger partial charge in [0.25, 0.3) is 0 Å². The zero-order valence-electron chi connectivity index (χ0n) is 9.37.